The van der Waals surface area contributed by atoms with E-state index in [9.17, 15) is 14.0 Å². The molecule has 0 saturated carbocycles. The zero-order chi connectivity index (χ0) is 16.9. The summed E-state index contributed by atoms with van der Waals surface area (Å²) < 4.78 is 18.5. The van der Waals surface area contributed by atoms with Crippen molar-refractivity contribution < 1.29 is 18.7 Å². The number of amides is 3. The lowest BCUT2D eigenvalue weighted by Gasteiger charge is -2.26. The fraction of sp³-hybridized carbons (Fsp3) is 0.188. The van der Waals surface area contributed by atoms with Crippen LogP contribution < -0.4 is 15.4 Å². The van der Waals surface area contributed by atoms with Gasteiger partial charge in [-0.05, 0) is 18.2 Å². The molecule has 3 rings (SSSR count). The number of carbonyl (C=O) groups excluding carboxylic acids is 2. The maximum Gasteiger partial charge on any atom is 0.322 e. The quantitative estimate of drug-likeness (QED) is 0.901. The Morgan fingerprint density at radius 3 is 2.92 bits per heavy atom. The van der Waals surface area contributed by atoms with Crippen LogP contribution in [0.15, 0.2) is 42.6 Å². The summed E-state index contributed by atoms with van der Waals surface area (Å²) in [4.78, 5) is 28.8. The van der Waals surface area contributed by atoms with Crippen LogP contribution in [0.5, 0.6) is 11.6 Å². The molecule has 0 aliphatic carbocycles. The molecule has 1 saturated heterocycles. The first-order valence-electron chi connectivity index (χ1n) is 7.32. The van der Waals surface area contributed by atoms with Gasteiger partial charge in [-0.2, -0.15) is 0 Å². The average Bonchev–Trinajstić information content (AvgIpc) is 2.57. The fourth-order valence-corrected chi connectivity index (χ4v) is 2.18. The van der Waals surface area contributed by atoms with Crippen molar-refractivity contribution in [3.63, 3.8) is 0 Å². The van der Waals surface area contributed by atoms with E-state index >= 15 is 0 Å². The number of nitrogens with zero attached hydrogens (tertiary/aromatic N) is 2. The summed E-state index contributed by atoms with van der Waals surface area (Å²) >= 11 is 0. The number of urea groups is 1. The number of ether oxygens (including phenoxy) is 1. The Balaban J connectivity index is 1.60. The molecule has 3 amide bonds. The minimum Gasteiger partial charge on any atom is -0.439 e. The van der Waals surface area contributed by atoms with Gasteiger partial charge in [0.1, 0.15) is 18.1 Å². The lowest BCUT2D eigenvalue weighted by Crippen LogP contribution is -2.51. The number of halogens is 1. The molecule has 124 valence electrons. The molecule has 24 heavy (non-hydrogen) atoms. The maximum atomic E-state index is 13.1. The van der Waals surface area contributed by atoms with Crippen LogP contribution in [0.2, 0.25) is 0 Å². The SMILES string of the molecule is O=C1CN(C(=O)Nc2ccc(Oc3cccc(F)c3)nc2)CCN1. The van der Waals surface area contributed by atoms with Crippen molar-refractivity contribution in [3.05, 3.63) is 48.4 Å². The highest BCUT2D eigenvalue weighted by Crippen LogP contribution is 2.21. The number of carbonyl (C=O) groups is 2. The van der Waals surface area contributed by atoms with Gasteiger partial charge in [0.05, 0.1) is 11.9 Å². The van der Waals surface area contributed by atoms with Gasteiger partial charge >= 0.3 is 6.03 Å². The molecule has 2 aromatic rings. The maximum absolute atomic E-state index is 13.1. The van der Waals surface area contributed by atoms with E-state index in [1.54, 1.807) is 18.2 Å². The monoisotopic (exact) mass is 330 g/mol. The highest BCUT2D eigenvalue weighted by atomic mass is 19.1. The molecule has 0 radical (unpaired) electrons. The number of aromatic nitrogens is 1. The predicted molar refractivity (Wildman–Crippen MR) is 84.3 cm³/mol. The number of nitrogens with one attached hydrogen (secondary N) is 2. The van der Waals surface area contributed by atoms with Gasteiger partial charge in [-0.15, -0.1) is 0 Å². The van der Waals surface area contributed by atoms with Crippen LogP contribution in [0.3, 0.4) is 0 Å². The highest BCUT2D eigenvalue weighted by molar-refractivity contribution is 5.92. The van der Waals surface area contributed by atoms with Crippen LogP contribution in [0.25, 0.3) is 0 Å². The first-order valence-corrected chi connectivity index (χ1v) is 7.32. The largest absolute Gasteiger partial charge is 0.439 e. The van der Waals surface area contributed by atoms with E-state index in [1.807, 2.05) is 0 Å². The van der Waals surface area contributed by atoms with E-state index in [2.05, 4.69) is 15.6 Å². The lowest BCUT2D eigenvalue weighted by molar-refractivity contribution is -0.123. The molecule has 1 fully saturated rings. The standard InChI is InChI=1S/C16H15FN4O3/c17-11-2-1-3-13(8-11)24-15-5-4-12(9-19-15)20-16(23)21-7-6-18-14(22)10-21/h1-5,8-9H,6-7,10H2,(H,18,22)(H,20,23). The van der Waals surface area contributed by atoms with E-state index in [-0.39, 0.29) is 24.4 Å². The Morgan fingerprint density at radius 2 is 2.21 bits per heavy atom. The second-order valence-corrected chi connectivity index (χ2v) is 5.15. The van der Waals surface area contributed by atoms with Crippen molar-refractivity contribution in [3.8, 4) is 11.6 Å². The van der Waals surface area contributed by atoms with Crippen molar-refractivity contribution in [2.24, 2.45) is 0 Å². The van der Waals surface area contributed by atoms with Gasteiger partial charge in [0.15, 0.2) is 0 Å². The van der Waals surface area contributed by atoms with Crippen molar-refractivity contribution >= 4 is 17.6 Å². The van der Waals surface area contributed by atoms with Crippen LogP contribution >= 0.6 is 0 Å². The topological polar surface area (TPSA) is 83.6 Å². The molecule has 7 nitrogen and oxygen atoms in total. The van der Waals surface area contributed by atoms with Gasteiger partial charge in [0, 0.05) is 25.2 Å². The van der Waals surface area contributed by atoms with E-state index in [1.165, 1.54) is 29.3 Å². The van der Waals surface area contributed by atoms with Crippen LogP contribution in [0.4, 0.5) is 14.9 Å². The summed E-state index contributed by atoms with van der Waals surface area (Å²) in [6.07, 6.45) is 1.43. The molecule has 1 aliphatic rings. The molecule has 1 aromatic heterocycles. The molecule has 1 aliphatic heterocycles. The van der Waals surface area contributed by atoms with Gasteiger partial charge in [0.25, 0.3) is 0 Å². The number of rotatable bonds is 3. The molecule has 0 unspecified atom stereocenters. The average molecular weight is 330 g/mol. The summed E-state index contributed by atoms with van der Waals surface area (Å²) in [7, 11) is 0. The summed E-state index contributed by atoms with van der Waals surface area (Å²) in [5.41, 5.74) is 0.470. The summed E-state index contributed by atoms with van der Waals surface area (Å²) in [6.45, 7) is 0.913. The smallest absolute Gasteiger partial charge is 0.322 e. The zero-order valence-corrected chi connectivity index (χ0v) is 12.7. The van der Waals surface area contributed by atoms with Crippen molar-refractivity contribution in [2.45, 2.75) is 0 Å². The van der Waals surface area contributed by atoms with Gasteiger partial charge < -0.3 is 20.3 Å². The Kier molecular flexibility index (Phi) is 4.55. The third-order valence-electron chi connectivity index (χ3n) is 3.33. The van der Waals surface area contributed by atoms with E-state index < -0.39 is 5.82 Å². The van der Waals surface area contributed by atoms with Crippen LogP contribution in [-0.4, -0.2) is 41.5 Å². The van der Waals surface area contributed by atoms with Crippen molar-refractivity contribution in [1.82, 2.24) is 15.2 Å². The van der Waals surface area contributed by atoms with Gasteiger partial charge in [-0.25, -0.2) is 14.2 Å². The second-order valence-electron chi connectivity index (χ2n) is 5.15. The van der Waals surface area contributed by atoms with E-state index in [4.69, 9.17) is 4.74 Å². The minimum atomic E-state index is -0.401. The molecule has 2 heterocycles. The second kappa shape index (κ2) is 6.95. The summed E-state index contributed by atoms with van der Waals surface area (Å²) in [5.74, 6) is 0.0184. The third-order valence-corrected chi connectivity index (χ3v) is 3.33. The minimum absolute atomic E-state index is 0.0278. The van der Waals surface area contributed by atoms with Gasteiger partial charge in [-0.1, -0.05) is 6.07 Å². The molecule has 2 N–H and O–H groups in total. The summed E-state index contributed by atoms with van der Waals surface area (Å²) in [5, 5.41) is 5.31. The first kappa shape index (κ1) is 15.7. The number of piperazine rings is 1. The number of benzene rings is 1. The molecule has 1 aromatic carbocycles. The lowest BCUT2D eigenvalue weighted by atomic mass is 10.3. The van der Waals surface area contributed by atoms with Crippen molar-refractivity contribution in [2.75, 3.05) is 25.0 Å². The van der Waals surface area contributed by atoms with Crippen LogP contribution in [-0.2, 0) is 4.79 Å². The van der Waals surface area contributed by atoms with Crippen LogP contribution in [0.1, 0.15) is 0 Å². The normalized spacial score (nSPS) is 14.0. The third kappa shape index (κ3) is 3.97. The Hall–Kier alpha value is -3.16. The van der Waals surface area contributed by atoms with Gasteiger partial charge in [0.2, 0.25) is 11.8 Å². The first-order chi connectivity index (χ1) is 11.6. The van der Waals surface area contributed by atoms with Crippen molar-refractivity contribution in [1.29, 1.82) is 0 Å². The number of hydrogen-bond donors (Lipinski definition) is 2. The van der Waals surface area contributed by atoms with E-state index in [0.717, 1.165) is 0 Å². The Bertz CT molecular complexity index is 751. The molecular formula is C16H15FN4O3. The molecule has 0 bridgehead atoms. The Labute approximate surface area is 137 Å². The molecule has 0 atom stereocenters. The fourth-order valence-electron chi connectivity index (χ4n) is 2.18. The zero-order valence-electron chi connectivity index (χ0n) is 12.7. The van der Waals surface area contributed by atoms with E-state index in [0.29, 0.717) is 24.5 Å². The molecular weight excluding hydrogens is 315 g/mol. The Morgan fingerprint density at radius 1 is 1.33 bits per heavy atom. The molecule has 0 spiro atoms. The summed E-state index contributed by atoms with van der Waals surface area (Å²) in [6, 6.07) is 8.52. The highest BCUT2D eigenvalue weighted by Gasteiger charge is 2.21. The van der Waals surface area contributed by atoms with Crippen LogP contribution in [0, 0.1) is 5.82 Å². The van der Waals surface area contributed by atoms with Gasteiger partial charge in [-0.3, -0.25) is 4.79 Å². The molecule has 8 heteroatoms. The predicted octanol–water partition coefficient (Wildman–Crippen LogP) is 1.98. The number of pyridine rings is 1. The number of hydrogen-bond acceptors (Lipinski definition) is 4. The number of anilines is 1.